The van der Waals surface area contributed by atoms with Crippen molar-refractivity contribution >= 4 is 0 Å². The third kappa shape index (κ3) is 3.58. The van der Waals surface area contributed by atoms with E-state index in [1.807, 2.05) is 72.8 Å². The average molecular weight is 324 g/mol. The third-order valence-electron chi connectivity index (χ3n) is 3.87. The van der Waals surface area contributed by atoms with Gasteiger partial charge in [0.05, 0.1) is 17.8 Å². The van der Waals surface area contributed by atoms with Crippen molar-refractivity contribution in [2.24, 2.45) is 0 Å². The van der Waals surface area contributed by atoms with Crippen LogP contribution in [0.1, 0.15) is 11.6 Å². The van der Waals surface area contributed by atoms with E-state index in [4.69, 9.17) is 0 Å². The molecule has 4 heteroatoms. The van der Waals surface area contributed by atoms with E-state index in [-0.39, 0.29) is 0 Å². The Bertz CT molecular complexity index is 888. The molecule has 0 aliphatic heterocycles. The first kappa shape index (κ1) is 15.1. The minimum atomic E-state index is 0.501. The van der Waals surface area contributed by atoms with Crippen LogP contribution in [0.3, 0.4) is 0 Å². The van der Waals surface area contributed by atoms with Gasteiger partial charge in [-0.15, -0.1) is 0 Å². The monoisotopic (exact) mass is 324 g/mol. The van der Waals surface area contributed by atoms with E-state index in [0.29, 0.717) is 18.1 Å². The maximum atomic E-state index is 4.65. The maximum Gasteiger partial charge on any atom is 0.136 e. The van der Waals surface area contributed by atoms with Gasteiger partial charge in [-0.05, 0) is 12.1 Å². The molecule has 2 aromatic carbocycles. The molecule has 0 aliphatic rings. The SMILES string of the molecule is c1ccc(-c2ccnc(Cc3nccc(-c4ccccc4)n3)n2)cc1. The molecule has 0 radical (unpaired) electrons. The summed E-state index contributed by atoms with van der Waals surface area (Å²) in [5, 5.41) is 0. The minimum absolute atomic E-state index is 0.501. The fourth-order valence-electron chi connectivity index (χ4n) is 2.65. The van der Waals surface area contributed by atoms with E-state index in [1.165, 1.54) is 0 Å². The predicted molar refractivity (Wildman–Crippen MR) is 97.7 cm³/mol. The van der Waals surface area contributed by atoms with Gasteiger partial charge in [-0.3, -0.25) is 0 Å². The standard InChI is InChI=1S/C21H16N4/c1-3-7-16(8-4-1)18-11-13-22-20(24-18)15-21-23-14-12-19(25-21)17-9-5-2-6-10-17/h1-14H,15H2. The Morgan fingerprint density at radius 3 is 1.40 bits per heavy atom. The molecule has 4 aromatic rings. The zero-order valence-electron chi connectivity index (χ0n) is 13.6. The Kier molecular flexibility index (Phi) is 4.25. The molecule has 0 saturated carbocycles. The fourth-order valence-corrected chi connectivity index (χ4v) is 2.65. The first-order chi connectivity index (χ1) is 12.4. The molecule has 0 bridgehead atoms. The molecule has 0 fully saturated rings. The highest BCUT2D eigenvalue weighted by Gasteiger charge is 2.07. The van der Waals surface area contributed by atoms with Crippen LogP contribution in [0.25, 0.3) is 22.5 Å². The van der Waals surface area contributed by atoms with Crippen LogP contribution in [-0.4, -0.2) is 19.9 Å². The fraction of sp³-hybridized carbons (Fsp3) is 0.0476. The second kappa shape index (κ2) is 7.01. The van der Waals surface area contributed by atoms with Crippen molar-refractivity contribution in [2.75, 3.05) is 0 Å². The molecule has 4 nitrogen and oxygen atoms in total. The summed E-state index contributed by atoms with van der Waals surface area (Å²) in [6, 6.07) is 24.0. The van der Waals surface area contributed by atoms with E-state index in [9.17, 15) is 0 Å². The highest BCUT2D eigenvalue weighted by Crippen LogP contribution is 2.18. The van der Waals surface area contributed by atoms with Crippen molar-refractivity contribution in [1.82, 2.24) is 19.9 Å². The van der Waals surface area contributed by atoms with Gasteiger partial charge in [-0.25, -0.2) is 19.9 Å². The van der Waals surface area contributed by atoms with Crippen LogP contribution >= 0.6 is 0 Å². The van der Waals surface area contributed by atoms with Gasteiger partial charge < -0.3 is 0 Å². The van der Waals surface area contributed by atoms with Gasteiger partial charge in [0.2, 0.25) is 0 Å². The summed E-state index contributed by atoms with van der Waals surface area (Å²) in [6.07, 6.45) is 4.07. The number of hydrogen-bond acceptors (Lipinski definition) is 4. The normalized spacial score (nSPS) is 10.6. The van der Waals surface area contributed by atoms with Gasteiger partial charge in [0.1, 0.15) is 11.6 Å². The molecule has 0 spiro atoms. The Balaban J connectivity index is 1.61. The smallest absolute Gasteiger partial charge is 0.136 e. The Morgan fingerprint density at radius 2 is 0.960 bits per heavy atom. The summed E-state index contributed by atoms with van der Waals surface area (Å²) in [6.45, 7) is 0. The number of aromatic nitrogens is 4. The van der Waals surface area contributed by atoms with Gasteiger partial charge in [-0.2, -0.15) is 0 Å². The van der Waals surface area contributed by atoms with Crippen LogP contribution in [0, 0.1) is 0 Å². The summed E-state index contributed by atoms with van der Waals surface area (Å²) in [4.78, 5) is 18.0. The summed E-state index contributed by atoms with van der Waals surface area (Å²) in [5.41, 5.74) is 3.96. The van der Waals surface area contributed by atoms with Gasteiger partial charge >= 0.3 is 0 Å². The lowest BCUT2D eigenvalue weighted by Gasteiger charge is -2.05. The Hall–Kier alpha value is -3.40. The molecular formula is C21H16N4. The summed E-state index contributed by atoms with van der Waals surface area (Å²) in [5.74, 6) is 1.43. The lowest BCUT2D eigenvalue weighted by molar-refractivity contribution is 0.892. The summed E-state index contributed by atoms with van der Waals surface area (Å²) < 4.78 is 0. The molecule has 2 aromatic heterocycles. The van der Waals surface area contributed by atoms with Crippen LogP contribution in [0.15, 0.2) is 85.2 Å². The van der Waals surface area contributed by atoms with Crippen LogP contribution in [0.5, 0.6) is 0 Å². The Morgan fingerprint density at radius 1 is 0.520 bits per heavy atom. The Labute approximate surface area is 146 Å². The van der Waals surface area contributed by atoms with Crippen LogP contribution < -0.4 is 0 Å². The topological polar surface area (TPSA) is 51.6 Å². The molecule has 0 amide bonds. The number of nitrogens with zero attached hydrogens (tertiary/aromatic N) is 4. The highest BCUT2D eigenvalue weighted by molar-refractivity contribution is 5.59. The first-order valence-electron chi connectivity index (χ1n) is 8.13. The largest absolute Gasteiger partial charge is 0.241 e. The molecule has 120 valence electrons. The maximum absolute atomic E-state index is 4.65. The third-order valence-corrected chi connectivity index (χ3v) is 3.87. The van der Waals surface area contributed by atoms with Crippen LogP contribution in [0.2, 0.25) is 0 Å². The van der Waals surface area contributed by atoms with E-state index < -0.39 is 0 Å². The van der Waals surface area contributed by atoms with Gasteiger partial charge in [-0.1, -0.05) is 60.7 Å². The van der Waals surface area contributed by atoms with Gasteiger partial charge in [0.25, 0.3) is 0 Å². The summed E-state index contributed by atoms with van der Waals surface area (Å²) >= 11 is 0. The summed E-state index contributed by atoms with van der Waals surface area (Å²) in [7, 11) is 0. The molecule has 2 heterocycles. The zero-order valence-corrected chi connectivity index (χ0v) is 13.6. The number of benzene rings is 2. The van der Waals surface area contributed by atoms with E-state index in [2.05, 4.69) is 19.9 Å². The molecule has 0 unspecified atom stereocenters. The van der Waals surface area contributed by atoms with Crippen molar-refractivity contribution in [2.45, 2.75) is 6.42 Å². The van der Waals surface area contributed by atoms with Crippen molar-refractivity contribution in [3.8, 4) is 22.5 Å². The van der Waals surface area contributed by atoms with Crippen molar-refractivity contribution in [3.63, 3.8) is 0 Å². The van der Waals surface area contributed by atoms with Crippen molar-refractivity contribution in [1.29, 1.82) is 0 Å². The molecule has 0 aliphatic carbocycles. The molecular weight excluding hydrogens is 308 g/mol. The second-order valence-electron chi connectivity index (χ2n) is 5.63. The van der Waals surface area contributed by atoms with Crippen LogP contribution in [0.4, 0.5) is 0 Å². The van der Waals surface area contributed by atoms with Crippen molar-refractivity contribution < 1.29 is 0 Å². The average Bonchev–Trinajstić information content (AvgIpc) is 2.70. The van der Waals surface area contributed by atoms with E-state index in [1.54, 1.807) is 12.4 Å². The van der Waals surface area contributed by atoms with E-state index in [0.717, 1.165) is 22.5 Å². The van der Waals surface area contributed by atoms with Gasteiger partial charge in [0, 0.05) is 23.5 Å². The molecule has 4 rings (SSSR count). The first-order valence-corrected chi connectivity index (χ1v) is 8.13. The molecule has 25 heavy (non-hydrogen) atoms. The number of rotatable bonds is 4. The molecule has 0 atom stereocenters. The minimum Gasteiger partial charge on any atom is -0.241 e. The predicted octanol–water partition coefficient (Wildman–Crippen LogP) is 4.19. The van der Waals surface area contributed by atoms with Gasteiger partial charge in [0.15, 0.2) is 0 Å². The number of hydrogen-bond donors (Lipinski definition) is 0. The van der Waals surface area contributed by atoms with Crippen LogP contribution in [-0.2, 0) is 6.42 Å². The second-order valence-corrected chi connectivity index (χ2v) is 5.63. The molecule has 0 N–H and O–H groups in total. The molecule has 0 saturated heterocycles. The lowest BCUT2D eigenvalue weighted by Crippen LogP contribution is -2.02. The van der Waals surface area contributed by atoms with Crippen molar-refractivity contribution in [3.05, 3.63) is 96.8 Å². The van der Waals surface area contributed by atoms with E-state index >= 15 is 0 Å². The lowest BCUT2D eigenvalue weighted by atomic mass is 10.1. The zero-order chi connectivity index (χ0) is 16.9. The highest BCUT2D eigenvalue weighted by atomic mass is 14.9. The quantitative estimate of drug-likeness (QED) is 0.565.